The van der Waals surface area contributed by atoms with Gasteiger partial charge in [-0.25, -0.2) is 0 Å². The van der Waals surface area contributed by atoms with Gasteiger partial charge in [0.05, 0.1) is 5.69 Å². The molecule has 0 atom stereocenters. The highest BCUT2D eigenvalue weighted by Gasteiger charge is 2.13. The van der Waals surface area contributed by atoms with Gasteiger partial charge in [-0.05, 0) is 35.1 Å². The zero-order chi connectivity index (χ0) is 15.1. The third kappa shape index (κ3) is 2.20. The summed E-state index contributed by atoms with van der Waals surface area (Å²) in [6.45, 7) is 0. The predicted octanol–water partition coefficient (Wildman–Crippen LogP) is 2.80. The number of hydrogen-bond acceptors (Lipinski definition) is 4. The van der Waals surface area contributed by atoms with E-state index in [2.05, 4.69) is 23.2 Å². The van der Waals surface area contributed by atoms with Gasteiger partial charge in [-0.15, -0.1) is 11.3 Å². The van der Waals surface area contributed by atoms with Gasteiger partial charge >= 0.3 is 7.12 Å². The molecule has 0 fully saturated rings. The molecule has 0 bridgehead atoms. The molecule has 0 aliphatic rings. The lowest BCUT2D eigenvalue weighted by Crippen LogP contribution is -2.29. The van der Waals surface area contributed by atoms with Crippen LogP contribution in [0.25, 0.3) is 31.4 Å². The molecule has 2 heterocycles. The average Bonchev–Trinajstić information content (AvgIpc) is 2.92. The summed E-state index contributed by atoms with van der Waals surface area (Å²) in [6.07, 6.45) is 1.79. The lowest BCUT2D eigenvalue weighted by atomic mass is 9.80. The summed E-state index contributed by atoms with van der Waals surface area (Å²) in [7, 11) is -1.44. The Morgan fingerprint density at radius 1 is 0.864 bits per heavy atom. The monoisotopic (exact) mass is 305 g/mol. The Kier molecular flexibility index (Phi) is 3.19. The second-order valence-electron chi connectivity index (χ2n) is 5.16. The van der Waals surface area contributed by atoms with Crippen LogP contribution in [-0.2, 0) is 0 Å². The van der Waals surface area contributed by atoms with Gasteiger partial charge in [0.15, 0.2) is 0 Å². The van der Waals surface area contributed by atoms with Crippen molar-refractivity contribution in [3.05, 3.63) is 60.8 Å². The van der Waals surface area contributed by atoms with Crippen LogP contribution in [-0.4, -0.2) is 22.2 Å². The van der Waals surface area contributed by atoms with Gasteiger partial charge in [0, 0.05) is 26.5 Å². The summed E-state index contributed by atoms with van der Waals surface area (Å²) in [4.78, 5) is 4.39. The lowest BCUT2D eigenvalue weighted by molar-refractivity contribution is 0.426. The van der Waals surface area contributed by atoms with E-state index < -0.39 is 7.12 Å². The van der Waals surface area contributed by atoms with E-state index in [4.69, 9.17) is 0 Å². The Bertz CT molecular complexity index is 966. The van der Waals surface area contributed by atoms with E-state index in [0.717, 1.165) is 26.7 Å². The Morgan fingerprint density at radius 3 is 2.55 bits per heavy atom. The van der Waals surface area contributed by atoms with Crippen LogP contribution in [0.3, 0.4) is 0 Å². The molecule has 0 unspecified atom stereocenters. The normalized spacial score (nSPS) is 11.2. The molecule has 0 saturated heterocycles. The molecule has 0 spiro atoms. The molecule has 4 rings (SSSR count). The van der Waals surface area contributed by atoms with Crippen molar-refractivity contribution < 1.29 is 10.0 Å². The van der Waals surface area contributed by atoms with Gasteiger partial charge in [0.2, 0.25) is 0 Å². The number of aromatic nitrogens is 1. The van der Waals surface area contributed by atoms with Crippen molar-refractivity contribution >= 4 is 44.1 Å². The lowest BCUT2D eigenvalue weighted by Gasteiger charge is -2.01. The molecule has 22 heavy (non-hydrogen) atoms. The third-order valence-corrected chi connectivity index (χ3v) is 4.89. The van der Waals surface area contributed by atoms with Crippen molar-refractivity contribution in [2.45, 2.75) is 0 Å². The van der Waals surface area contributed by atoms with Gasteiger partial charge in [0.1, 0.15) is 0 Å². The van der Waals surface area contributed by atoms with E-state index in [1.54, 1.807) is 23.6 Å². The van der Waals surface area contributed by atoms with Crippen LogP contribution in [0, 0.1) is 0 Å². The van der Waals surface area contributed by atoms with Crippen molar-refractivity contribution in [1.29, 1.82) is 0 Å². The molecular weight excluding hydrogens is 293 g/mol. The van der Waals surface area contributed by atoms with Gasteiger partial charge in [-0.2, -0.15) is 0 Å². The van der Waals surface area contributed by atoms with Crippen molar-refractivity contribution in [2.24, 2.45) is 0 Å². The predicted molar refractivity (Wildman–Crippen MR) is 92.4 cm³/mol. The van der Waals surface area contributed by atoms with E-state index in [9.17, 15) is 10.0 Å². The quantitative estimate of drug-likeness (QED) is 0.560. The first-order valence-corrected chi connectivity index (χ1v) is 7.78. The zero-order valence-corrected chi connectivity index (χ0v) is 12.4. The number of thiophene rings is 1. The Hall–Kier alpha value is -2.21. The number of fused-ring (bicyclic) bond motifs is 3. The minimum atomic E-state index is -1.44. The number of benzene rings is 2. The smallest absolute Gasteiger partial charge is 0.423 e. The molecule has 5 heteroatoms. The number of hydrogen-bond donors (Lipinski definition) is 2. The Labute approximate surface area is 131 Å². The maximum Gasteiger partial charge on any atom is 0.488 e. The van der Waals surface area contributed by atoms with Gasteiger partial charge in [-0.1, -0.05) is 30.3 Å². The molecular formula is C17H12BNO2S. The molecule has 0 saturated carbocycles. The van der Waals surface area contributed by atoms with Gasteiger partial charge < -0.3 is 10.0 Å². The molecule has 2 aromatic heterocycles. The SMILES string of the molecule is OB(O)c1ccc2sc3cc(-c4ccccn4)ccc3c2c1. The molecule has 2 N–H and O–H groups in total. The van der Waals surface area contributed by atoms with Crippen LogP contribution >= 0.6 is 11.3 Å². The summed E-state index contributed by atoms with van der Waals surface area (Å²) in [5.41, 5.74) is 2.55. The van der Waals surface area contributed by atoms with E-state index in [1.807, 2.05) is 30.3 Å². The highest BCUT2D eigenvalue weighted by atomic mass is 32.1. The summed E-state index contributed by atoms with van der Waals surface area (Å²) in [6, 6.07) is 17.7. The highest BCUT2D eigenvalue weighted by Crippen LogP contribution is 2.35. The molecule has 2 aromatic carbocycles. The Morgan fingerprint density at radius 2 is 1.77 bits per heavy atom. The van der Waals surface area contributed by atoms with Crippen LogP contribution in [0.5, 0.6) is 0 Å². The van der Waals surface area contributed by atoms with Crippen molar-refractivity contribution in [3.8, 4) is 11.3 Å². The second kappa shape index (κ2) is 5.21. The maximum absolute atomic E-state index is 9.34. The number of pyridine rings is 1. The van der Waals surface area contributed by atoms with Crippen molar-refractivity contribution in [3.63, 3.8) is 0 Å². The molecule has 3 nitrogen and oxygen atoms in total. The van der Waals surface area contributed by atoms with Crippen molar-refractivity contribution in [1.82, 2.24) is 4.98 Å². The topological polar surface area (TPSA) is 53.4 Å². The average molecular weight is 305 g/mol. The molecule has 0 aliphatic carbocycles. The van der Waals surface area contributed by atoms with E-state index in [-0.39, 0.29) is 0 Å². The van der Waals surface area contributed by atoms with Gasteiger partial charge in [0.25, 0.3) is 0 Å². The second-order valence-corrected chi connectivity index (χ2v) is 6.24. The van der Waals surface area contributed by atoms with E-state index >= 15 is 0 Å². The standard InChI is InChI=1S/C17H12BNO2S/c20-18(21)12-5-7-16-14(10-12)13-6-4-11(9-17(13)22-16)15-3-1-2-8-19-15/h1-10,20-21H. The minimum absolute atomic E-state index is 0.515. The fourth-order valence-corrected chi connectivity index (χ4v) is 3.77. The molecule has 0 radical (unpaired) electrons. The van der Waals surface area contributed by atoms with E-state index in [0.29, 0.717) is 5.46 Å². The summed E-state index contributed by atoms with van der Waals surface area (Å²) in [5.74, 6) is 0. The third-order valence-electron chi connectivity index (χ3n) is 3.75. The van der Waals surface area contributed by atoms with Crippen LogP contribution in [0.4, 0.5) is 0 Å². The first-order valence-electron chi connectivity index (χ1n) is 6.96. The van der Waals surface area contributed by atoms with Gasteiger partial charge in [-0.3, -0.25) is 4.98 Å². The molecule has 0 amide bonds. The minimum Gasteiger partial charge on any atom is -0.423 e. The molecule has 4 aromatic rings. The molecule has 106 valence electrons. The first-order chi connectivity index (χ1) is 10.7. The Balaban J connectivity index is 1.93. The fourth-order valence-electron chi connectivity index (χ4n) is 2.65. The van der Waals surface area contributed by atoms with Crippen LogP contribution in [0.15, 0.2) is 60.8 Å². The van der Waals surface area contributed by atoms with Crippen molar-refractivity contribution in [2.75, 3.05) is 0 Å². The first kappa shape index (κ1) is 13.5. The number of rotatable bonds is 2. The largest absolute Gasteiger partial charge is 0.488 e. The summed E-state index contributed by atoms with van der Waals surface area (Å²) < 4.78 is 2.31. The summed E-state index contributed by atoms with van der Waals surface area (Å²) >= 11 is 1.70. The zero-order valence-electron chi connectivity index (χ0n) is 11.6. The summed E-state index contributed by atoms with van der Waals surface area (Å²) in [5, 5.41) is 20.9. The van der Waals surface area contributed by atoms with Crippen LogP contribution in [0.1, 0.15) is 0 Å². The fraction of sp³-hybridized carbons (Fsp3) is 0. The van der Waals surface area contributed by atoms with Crippen LogP contribution < -0.4 is 5.46 Å². The maximum atomic E-state index is 9.34. The highest BCUT2D eigenvalue weighted by molar-refractivity contribution is 7.25. The van der Waals surface area contributed by atoms with E-state index in [1.165, 1.54) is 4.70 Å². The number of nitrogens with zero attached hydrogens (tertiary/aromatic N) is 1. The van der Waals surface area contributed by atoms with Crippen LogP contribution in [0.2, 0.25) is 0 Å². The molecule has 0 aliphatic heterocycles.